The van der Waals surface area contributed by atoms with Crippen molar-refractivity contribution in [2.24, 2.45) is 0 Å². The highest BCUT2D eigenvalue weighted by Crippen LogP contribution is 2.57. The first-order valence-electron chi connectivity index (χ1n) is 37.2. The van der Waals surface area contributed by atoms with Crippen LogP contribution in [0.3, 0.4) is 0 Å². The Balaban J connectivity index is 1.00. The highest BCUT2D eigenvalue weighted by Gasteiger charge is 2.47. The van der Waals surface area contributed by atoms with Crippen LogP contribution in [0.15, 0.2) is 425 Å². The highest BCUT2D eigenvalue weighted by atomic mass is 15.2. The van der Waals surface area contributed by atoms with E-state index in [1.54, 1.807) is 0 Å². The third-order valence-electron chi connectivity index (χ3n) is 21.7. The SMILES string of the molecule is c1ccc(-c2cccc(-c3ccccc3)c2N2c3cc(N(c4ccccc4)c4ccccc4)ccc3B3c4ccc5c(c4N(c4c(-c6ccccc6)cccc4-c4ccccc4)c4cc(N(c6ccccc6)c6ccccc6)cc2c43)c2ccccc2n5-c2c(-c3ccccc3)cccc2-c2ccccc2)cc1. The molecule has 0 aliphatic carbocycles. The summed E-state index contributed by atoms with van der Waals surface area (Å²) in [6.45, 7) is -0.351. The summed E-state index contributed by atoms with van der Waals surface area (Å²) in [5, 5.41) is 2.29. The van der Waals surface area contributed by atoms with E-state index in [0.29, 0.717) is 0 Å². The Labute approximate surface area is 630 Å². The van der Waals surface area contributed by atoms with E-state index < -0.39 is 0 Å². The molecule has 0 saturated carbocycles. The van der Waals surface area contributed by atoms with Gasteiger partial charge in [-0.2, -0.15) is 0 Å². The molecule has 18 aromatic rings. The van der Waals surface area contributed by atoms with Crippen LogP contribution in [0.25, 0.3) is 94.3 Å². The fraction of sp³-hybridized carbons (Fsp3) is 0. The molecule has 0 unspecified atom stereocenters. The van der Waals surface area contributed by atoms with Crippen molar-refractivity contribution in [1.82, 2.24) is 4.57 Å². The van der Waals surface area contributed by atoms with Crippen LogP contribution in [-0.2, 0) is 0 Å². The molecule has 5 nitrogen and oxygen atoms in total. The molecule has 0 radical (unpaired) electrons. The largest absolute Gasteiger partial charge is 0.310 e. The Hall–Kier alpha value is -14.2. The van der Waals surface area contributed by atoms with E-state index in [4.69, 9.17) is 0 Å². The number of anilines is 12. The van der Waals surface area contributed by atoms with Gasteiger partial charge in [0.2, 0.25) is 0 Å². The molecule has 20 rings (SSSR count). The maximum atomic E-state index is 2.73. The molecule has 0 N–H and O–H groups in total. The number of para-hydroxylation sites is 8. The number of aromatic nitrogens is 1. The zero-order valence-electron chi connectivity index (χ0n) is 59.2. The summed E-state index contributed by atoms with van der Waals surface area (Å²) in [5.74, 6) is 0. The lowest BCUT2D eigenvalue weighted by Gasteiger charge is -2.46. The Morgan fingerprint density at radius 1 is 0.204 bits per heavy atom. The van der Waals surface area contributed by atoms with Gasteiger partial charge >= 0.3 is 0 Å². The van der Waals surface area contributed by atoms with Gasteiger partial charge in [-0.3, -0.25) is 0 Å². The summed E-state index contributed by atoms with van der Waals surface area (Å²) in [6, 6.07) is 157. The second kappa shape index (κ2) is 27.1. The summed E-state index contributed by atoms with van der Waals surface area (Å²) in [6.07, 6.45) is 0. The lowest BCUT2D eigenvalue weighted by molar-refractivity contribution is 1.18. The fourth-order valence-corrected chi connectivity index (χ4v) is 17.1. The molecule has 0 fully saturated rings. The number of hydrogen-bond donors (Lipinski definition) is 0. The molecule has 1 aromatic heterocycles. The van der Waals surface area contributed by atoms with Crippen molar-refractivity contribution < 1.29 is 0 Å². The minimum atomic E-state index is -0.351. The summed E-state index contributed by atoms with van der Waals surface area (Å²) < 4.78 is 2.59. The topological polar surface area (TPSA) is 17.9 Å². The minimum Gasteiger partial charge on any atom is -0.310 e. The lowest BCUT2D eigenvalue weighted by atomic mass is 9.33. The van der Waals surface area contributed by atoms with Crippen LogP contribution in [0.5, 0.6) is 0 Å². The normalized spacial score (nSPS) is 12.0. The molecule has 0 amide bonds. The summed E-state index contributed by atoms with van der Waals surface area (Å²) >= 11 is 0. The Kier molecular flexibility index (Phi) is 15.9. The van der Waals surface area contributed by atoms with Crippen LogP contribution in [-0.4, -0.2) is 11.3 Å². The number of benzene rings is 17. The van der Waals surface area contributed by atoms with Gasteiger partial charge in [0.1, 0.15) is 0 Å². The second-order valence-corrected chi connectivity index (χ2v) is 27.8. The molecule has 108 heavy (non-hydrogen) atoms. The van der Waals surface area contributed by atoms with Crippen molar-refractivity contribution in [3.8, 4) is 72.4 Å². The summed E-state index contributed by atoms with van der Waals surface area (Å²) in [5.41, 5.74) is 32.9. The number of fused-ring (bicyclic) bond motifs is 8. The van der Waals surface area contributed by atoms with Crippen molar-refractivity contribution in [3.05, 3.63) is 425 Å². The van der Waals surface area contributed by atoms with Gasteiger partial charge in [0.25, 0.3) is 6.71 Å². The van der Waals surface area contributed by atoms with Crippen LogP contribution in [0.4, 0.5) is 68.2 Å². The van der Waals surface area contributed by atoms with E-state index in [1.165, 1.54) is 16.4 Å². The smallest absolute Gasteiger partial charge is 0.252 e. The second-order valence-electron chi connectivity index (χ2n) is 27.8. The van der Waals surface area contributed by atoms with Gasteiger partial charge in [-0.15, -0.1) is 0 Å². The van der Waals surface area contributed by atoms with E-state index in [2.05, 4.69) is 449 Å². The molecular weight excluding hydrogens is 1310 g/mol. The summed E-state index contributed by atoms with van der Waals surface area (Å²) in [4.78, 5) is 10.3. The monoisotopic (exact) mass is 1380 g/mol. The Bertz CT molecular complexity index is 6090. The maximum Gasteiger partial charge on any atom is 0.252 e. The number of hydrogen-bond acceptors (Lipinski definition) is 4. The standard InChI is InChI=1S/C102H70BN5/c1-11-36-71(37-12-1)83-57-33-58-84(72-38-13-2-14-39-72)99(83)106-92-63-32-31-56-89(92)97-93(106)67-66-91-102(97)108(101-87(75-44-19-5-20-45-75)61-35-62-88(101)76-46-21-6-22-47-76)96-70-82(105(79-52-27-9-28-53-79)80-54-29-10-30-55-80)69-95-98(96)103(91)90-65-64-81(104(77-48-23-7-24-49-77)78-50-25-8-26-51-78)68-94(90)107(95)100-85(73-40-15-3-16-41-73)59-34-60-86(100)74-42-17-4-18-43-74/h1-70H. The predicted molar refractivity (Wildman–Crippen MR) is 457 cm³/mol. The zero-order valence-corrected chi connectivity index (χ0v) is 59.2. The molecule has 2 aliphatic heterocycles. The van der Waals surface area contributed by atoms with Crippen molar-refractivity contribution in [2.45, 2.75) is 0 Å². The van der Waals surface area contributed by atoms with Gasteiger partial charge in [-0.05, 0) is 135 Å². The molecule has 0 spiro atoms. The maximum absolute atomic E-state index is 2.73. The van der Waals surface area contributed by atoms with Gasteiger partial charge in [0.15, 0.2) is 0 Å². The molecule has 0 bridgehead atoms. The predicted octanol–water partition coefficient (Wildman–Crippen LogP) is 25.8. The highest BCUT2D eigenvalue weighted by molar-refractivity contribution is 7.00. The molecule has 2 aliphatic rings. The average Bonchev–Trinajstić information content (AvgIpc) is 1.14. The molecule has 0 atom stereocenters. The lowest BCUT2D eigenvalue weighted by Crippen LogP contribution is -2.61. The van der Waals surface area contributed by atoms with E-state index in [0.717, 1.165) is 163 Å². The Morgan fingerprint density at radius 3 is 0.917 bits per heavy atom. The third kappa shape index (κ3) is 10.8. The number of nitrogens with zero attached hydrogens (tertiary/aromatic N) is 5. The molecule has 0 saturated heterocycles. The fourth-order valence-electron chi connectivity index (χ4n) is 17.1. The Morgan fingerprint density at radius 2 is 0.519 bits per heavy atom. The van der Waals surface area contributed by atoms with Gasteiger partial charge in [0, 0.05) is 89.7 Å². The minimum absolute atomic E-state index is 0.351. The van der Waals surface area contributed by atoms with E-state index >= 15 is 0 Å². The van der Waals surface area contributed by atoms with Crippen LogP contribution >= 0.6 is 0 Å². The van der Waals surface area contributed by atoms with E-state index in [-0.39, 0.29) is 6.71 Å². The third-order valence-corrected chi connectivity index (χ3v) is 21.7. The summed E-state index contributed by atoms with van der Waals surface area (Å²) in [7, 11) is 0. The van der Waals surface area contributed by atoms with E-state index in [9.17, 15) is 0 Å². The van der Waals surface area contributed by atoms with Crippen molar-refractivity contribution >= 4 is 113 Å². The molecule has 3 heterocycles. The molecule has 17 aromatic carbocycles. The van der Waals surface area contributed by atoms with Crippen LogP contribution in [0, 0.1) is 0 Å². The molecule has 506 valence electrons. The van der Waals surface area contributed by atoms with Gasteiger partial charge < -0.3 is 24.2 Å². The first kappa shape index (κ1) is 63.5. The first-order valence-corrected chi connectivity index (χ1v) is 37.2. The van der Waals surface area contributed by atoms with Gasteiger partial charge in [-0.25, -0.2) is 0 Å². The first-order chi connectivity index (χ1) is 53.7. The number of rotatable bonds is 15. The average molecular weight is 1380 g/mol. The van der Waals surface area contributed by atoms with Crippen LogP contribution < -0.4 is 36.0 Å². The molecule has 6 heteroatoms. The van der Waals surface area contributed by atoms with E-state index in [1.807, 2.05) is 0 Å². The van der Waals surface area contributed by atoms with Gasteiger partial charge in [0.05, 0.1) is 39.5 Å². The van der Waals surface area contributed by atoms with Crippen LogP contribution in [0.1, 0.15) is 0 Å². The van der Waals surface area contributed by atoms with Gasteiger partial charge in [-0.1, -0.05) is 340 Å². The van der Waals surface area contributed by atoms with Crippen molar-refractivity contribution in [3.63, 3.8) is 0 Å². The van der Waals surface area contributed by atoms with Crippen molar-refractivity contribution in [2.75, 3.05) is 19.6 Å². The van der Waals surface area contributed by atoms with Crippen LogP contribution in [0.2, 0.25) is 0 Å². The quantitative estimate of drug-likeness (QED) is 0.0952. The van der Waals surface area contributed by atoms with Crippen molar-refractivity contribution in [1.29, 1.82) is 0 Å². The molecular formula is C102H70BN5. The zero-order chi connectivity index (χ0) is 71.4.